The van der Waals surface area contributed by atoms with E-state index in [9.17, 15) is 4.79 Å². The lowest BCUT2D eigenvalue weighted by molar-refractivity contribution is -0.138. The molecule has 1 atom stereocenters. The van der Waals surface area contributed by atoms with Gasteiger partial charge in [-0.25, -0.2) is 0 Å². The minimum atomic E-state index is -1.01. The fraction of sp³-hybridized carbons (Fsp3) is 0.364. The lowest BCUT2D eigenvalue weighted by Gasteiger charge is -2.12. The SMILES string of the molecule is CC(C)c1cc(Br)cc(C(N)C(=O)O)c1. The number of nitrogens with two attached hydrogens (primary N) is 1. The summed E-state index contributed by atoms with van der Waals surface area (Å²) in [6.07, 6.45) is 0. The van der Waals surface area contributed by atoms with E-state index in [1.165, 1.54) is 0 Å². The maximum atomic E-state index is 10.8. The third kappa shape index (κ3) is 3.04. The van der Waals surface area contributed by atoms with Crippen LogP contribution < -0.4 is 5.73 Å². The van der Waals surface area contributed by atoms with Gasteiger partial charge in [0.15, 0.2) is 0 Å². The first-order valence-electron chi connectivity index (χ1n) is 4.70. The van der Waals surface area contributed by atoms with Crippen LogP contribution in [0.15, 0.2) is 22.7 Å². The van der Waals surface area contributed by atoms with E-state index >= 15 is 0 Å². The molecule has 0 aliphatic carbocycles. The molecule has 0 amide bonds. The van der Waals surface area contributed by atoms with E-state index in [1.54, 1.807) is 6.07 Å². The van der Waals surface area contributed by atoms with Crippen molar-refractivity contribution < 1.29 is 9.90 Å². The number of benzene rings is 1. The Balaban J connectivity index is 3.14. The molecule has 0 aromatic heterocycles. The van der Waals surface area contributed by atoms with Gasteiger partial charge < -0.3 is 10.8 Å². The van der Waals surface area contributed by atoms with Gasteiger partial charge in [0, 0.05) is 4.47 Å². The summed E-state index contributed by atoms with van der Waals surface area (Å²) in [5.74, 6) is -0.662. The second-order valence-electron chi connectivity index (χ2n) is 3.79. The Morgan fingerprint density at radius 2 is 1.87 bits per heavy atom. The van der Waals surface area contributed by atoms with E-state index in [0.717, 1.165) is 10.0 Å². The summed E-state index contributed by atoms with van der Waals surface area (Å²) in [6, 6.07) is 4.60. The molecule has 1 rings (SSSR count). The summed E-state index contributed by atoms with van der Waals surface area (Å²) < 4.78 is 0.861. The summed E-state index contributed by atoms with van der Waals surface area (Å²) in [5.41, 5.74) is 7.26. The molecule has 1 aromatic carbocycles. The highest BCUT2D eigenvalue weighted by Crippen LogP contribution is 2.24. The summed E-state index contributed by atoms with van der Waals surface area (Å²) in [5, 5.41) is 8.82. The normalized spacial score (nSPS) is 12.9. The van der Waals surface area contributed by atoms with Gasteiger partial charge in [0.25, 0.3) is 0 Å². The van der Waals surface area contributed by atoms with E-state index in [-0.39, 0.29) is 0 Å². The van der Waals surface area contributed by atoms with Gasteiger partial charge in [-0.3, -0.25) is 4.79 Å². The summed E-state index contributed by atoms with van der Waals surface area (Å²) in [4.78, 5) is 10.8. The van der Waals surface area contributed by atoms with Crippen molar-refractivity contribution in [2.45, 2.75) is 25.8 Å². The Kier molecular flexibility index (Phi) is 3.88. The highest BCUT2D eigenvalue weighted by atomic mass is 79.9. The Morgan fingerprint density at radius 3 is 2.33 bits per heavy atom. The zero-order valence-electron chi connectivity index (χ0n) is 8.70. The van der Waals surface area contributed by atoms with E-state index in [2.05, 4.69) is 29.8 Å². The van der Waals surface area contributed by atoms with Crippen molar-refractivity contribution in [1.29, 1.82) is 0 Å². The van der Waals surface area contributed by atoms with E-state index in [1.807, 2.05) is 12.1 Å². The van der Waals surface area contributed by atoms with E-state index < -0.39 is 12.0 Å². The number of hydrogen-bond donors (Lipinski definition) is 2. The van der Waals surface area contributed by atoms with Crippen LogP contribution in [0.5, 0.6) is 0 Å². The third-order valence-electron chi connectivity index (χ3n) is 2.23. The second-order valence-corrected chi connectivity index (χ2v) is 4.70. The molecule has 1 aromatic rings. The van der Waals surface area contributed by atoms with Crippen LogP contribution in [0.25, 0.3) is 0 Å². The zero-order chi connectivity index (χ0) is 11.6. The number of carboxylic acid groups (broad SMARTS) is 1. The molecule has 4 heteroatoms. The molecule has 0 aliphatic heterocycles. The molecule has 0 saturated carbocycles. The van der Waals surface area contributed by atoms with Crippen molar-refractivity contribution in [2.24, 2.45) is 5.73 Å². The Hall–Kier alpha value is -0.870. The van der Waals surface area contributed by atoms with Gasteiger partial charge in [0.1, 0.15) is 6.04 Å². The molecule has 0 heterocycles. The van der Waals surface area contributed by atoms with Gasteiger partial charge in [0.05, 0.1) is 0 Å². The molecule has 0 aliphatic rings. The van der Waals surface area contributed by atoms with Crippen molar-refractivity contribution in [1.82, 2.24) is 0 Å². The Bertz CT molecular complexity index is 377. The van der Waals surface area contributed by atoms with Gasteiger partial charge in [-0.1, -0.05) is 35.8 Å². The maximum absolute atomic E-state index is 10.8. The standard InChI is InChI=1S/C11H14BrNO2/c1-6(2)7-3-8(5-9(12)4-7)10(13)11(14)15/h3-6,10H,13H2,1-2H3,(H,14,15). The van der Waals surface area contributed by atoms with Crippen molar-refractivity contribution in [3.63, 3.8) is 0 Å². The van der Waals surface area contributed by atoms with Crippen LogP contribution in [0.3, 0.4) is 0 Å². The molecule has 0 bridgehead atoms. The van der Waals surface area contributed by atoms with Crippen LogP contribution in [0.4, 0.5) is 0 Å². The predicted octanol–water partition coefficient (Wildman–Crippen LogP) is 2.66. The number of carbonyl (C=O) groups is 1. The molecule has 0 saturated heterocycles. The van der Waals surface area contributed by atoms with E-state index in [4.69, 9.17) is 10.8 Å². The first-order valence-corrected chi connectivity index (χ1v) is 5.50. The van der Waals surface area contributed by atoms with Crippen molar-refractivity contribution in [3.05, 3.63) is 33.8 Å². The van der Waals surface area contributed by atoms with Crippen molar-refractivity contribution in [2.75, 3.05) is 0 Å². The molecule has 15 heavy (non-hydrogen) atoms. The predicted molar refractivity (Wildman–Crippen MR) is 62.8 cm³/mol. The van der Waals surface area contributed by atoms with Crippen LogP contribution in [0, 0.1) is 0 Å². The van der Waals surface area contributed by atoms with Crippen LogP contribution in [0.2, 0.25) is 0 Å². The molecule has 82 valence electrons. The number of rotatable bonds is 3. The van der Waals surface area contributed by atoms with Crippen molar-refractivity contribution in [3.8, 4) is 0 Å². The molecule has 3 N–H and O–H groups in total. The number of aliphatic carboxylic acids is 1. The van der Waals surface area contributed by atoms with Crippen LogP contribution in [0.1, 0.15) is 36.9 Å². The topological polar surface area (TPSA) is 63.3 Å². The molecule has 0 spiro atoms. The second kappa shape index (κ2) is 4.77. The number of halogens is 1. The van der Waals surface area contributed by atoms with Crippen LogP contribution >= 0.6 is 15.9 Å². The van der Waals surface area contributed by atoms with Crippen molar-refractivity contribution >= 4 is 21.9 Å². The monoisotopic (exact) mass is 271 g/mol. The summed E-state index contributed by atoms with van der Waals surface area (Å²) >= 11 is 3.35. The zero-order valence-corrected chi connectivity index (χ0v) is 10.3. The number of carboxylic acids is 1. The average molecular weight is 272 g/mol. The third-order valence-corrected chi connectivity index (χ3v) is 2.69. The largest absolute Gasteiger partial charge is 0.480 e. The highest BCUT2D eigenvalue weighted by molar-refractivity contribution is 9.10. The van der Waals surface area contributed by atoms with Gasteiger partial charge in [0.2, 0.25) is 0 Å². The van der Waals surface area contributed by atoms with Gasteiger partial charge in [-0.05, 0) is 29.2 Å². The minimum absolute atomic E-state index is 0.349. The number of hydrogen-bond acceptors (Lipinski definition) is 2. The fourth-order valence-electron chi connectivity index (χ4n) is 1.29. The molecule has 0 fully saturated rings. The molecule has 0 radical (unpaired) electrons. The maximum Gasteiger partial charge on any atom is 0.325 e. The Labute approximate surface area is 97.4 Å². The van der Waals surface area contributed by atoms with Crippen LogP contribution in [-0.2, 0) is 4.79 Å². The average Bonchev–Trinajstić information content (AvgIpc) is 2.15. The molecule has 3 nitrogen and oxygen atoms in total. The molecular formula is C11H14BrNO2. The highest BCUT2D eigenvalue weighted by Gasteiger charge is 2.15. The van der Waals surface area contributed by atoms with E-state index in [0.29, 0.717) is 11.5 Å². The molecular weight excluding hydrogens is 258 g/mol. The quantitative estimate of drug-likeness (QED) is 0.889. The van der Waals surface area contributed by atoms with Gasteiger partial charge in [-0.15, -0.1) is 0 Å². The first-order chi connectivity index (χ1) is 6.91. The summed E-state index contributed by atoms with van der Waals surface area (Å²) in [6.45, 7) is 4.11. The lowest BCUT2D eigenvalue weighted by Crippen LogP contribution is -2.20. The first kappa shape index (κ1) is 12.2. The van der Waals surface area contributed by atoms with Gasteiger partial charge in [-0.2, -0.15) is 0 Å². The fourth-order valence-corrected chi connectivity index (χ4v) is 1.82. The smallest absolute Gasteiger partial charge is 0.325 e. The Morgan fingerprint density at radius 1 is 1.33 bits per heavy atom. The van der Waals surface area contributed by atoms with Crippen LogP contribution in [-0.4, -0.2) is 11.1 Å². The minimum Gasteiger partial charge on any atom is -0.480 e. The van der Waals surface area contributed by atoms with Gasteiger partial charge >= 0.3 is 5.97 Å². The molecule has 1 unspecified atom stereocenters. The lowest BCUT2D eigenvalue weighted by atomic mass is 9.98. The summed E-state index contributed by atoms with van der Waals surface area (Å²) in [7, 11) is 0.